The zero-order valence-electron chi connectivity index (χ0n) is 14.3. The van der Waals surface area contributed by atoms with Crippen molar-refractivity contribution in [3.05, 3.63) is 59.7 Å². The van der Waals surface area contributed by atoms with E-state index in [-0.39, 0.29) is 12.0 Å². The first-order valence-corrected chi connectivity index (χ1v) is 8.69. The number of benzene rings is 2. The van der Waals surface area contributed by atoms with E-state index in [1.165, 1.54) is 29.4 Å². The van der Waals surface area contributed by atoms with Gasteiger partial charge in [0.05, 0.1) is 7.11 Å². The first kappa shape index (κ1) is 17.4. The van der Waals surface area contributed by atoms with Crippen molar-refractivity contribution in [2.24, 2.45) is 0 Å². The number of fused-ring (bicyclic) bond motifs is 3. The number of ether oxygens (including phenoxy) is 2. The van der Waals surface area contributed by atoms with Crippen LogP contribution in [0, 0.1) is 0 Å². The van der Waals surface area contributed by atoms with Crippen LogP contribution >= 0.6 is 12.2 Å². The molecule has 0 saturated carbocycles. The second-order valence-electron chi connectivity index (χ2n) is 6.15. The molecule has 0 spiro atoms. The van der Waals surface area contributed by atoms with Gasteiger partial charge in [-0.1, -0.05) is 48.5 Å². The van der Waals surface area contributed by atoms with Crippen molar-refractivity contribution in [2.45, 2.75) is 25.3 Å². The van der Waals surface area contributed by atoms with Crippen LogP contribution in [0.3, 0.4) is 0 Å². The summed E-state index contributed by atoms with van der Waals surface area (Å²) in [5, 5.41) is 3.25. The van der Waals surface area contributed by atoms with Crippen molar-refractivity contribution in [3.8, 4) is 11.1 Å². The summed E-state index contributed by atoms with van der Waals surface area (Å²) < 4.78 is 10.5. The number of nitrogens with one attached hydrogen (secondary N) is 1. The van der Waals surface area contributed by atoms with Crippen LogP contribution in [0.5, 0.6) is 0 Å². The lowest BCUT2D eigenvalue weighted by molar-refractivity contribution is 0.140. The topological polar surface area (TPSA) is 47.6 Å². The molecule has 0 aromatic heterocycles. The monoisotopic (exact) mass is 355 g/mol. The minimum absolute atomic E-state index is 0.0634. The van der Waals surface area contributed by atoms with Crippen LogP contribution in [-0.4, -0.2) is 30.9 Å². The van der Waals surface area contributed by atoms with Crippen molar-refractivity contribution >= 4 is 23.4 Å². The Morgan fingerprint density at radius 2 is 1.68 bits per heavy atom. The summed E-state index contributed by atoms with van der Waals surface area (Å²) in [7, 11) is 1.53. The quantitative estimate of drug-likeness (QED) is 0.814. The summed E-state index contributed by atoms with van der Waals surface area (Å²) in [6, 6.07) is 16.4. The molecule has 0 unspecified atom stereocenters. The Kier molecular flexibility index (Phi) is 5.34. The van der Waals surface area contributed by atoms with Gasteiger partial charge in [-0.05, 0) is 41.4 Å². The highest BCUT2D eigenvalue weighted by atomic mass is 32.1. The number of amides is 1. The zero-order chi connectivity index (χ0) is 17.8. The SMILES string of the molecule is COC(=S)C[C@H](C)NC(=O)OCC1c2ccccc2-c2ccccc21. The lowest BCUT2D eigenvalue weighted by atomic mass is 9.98. The van der Waals surface area contributed by atoms with E-state index in [1.807, 2.05) is 31.2 Å². The summed E-state index contributed by atoms with van der Waals surface area (Å²) >= 11 is 5.01. The first-order chi connectivity index (χ1) is 12.1. The maximum atomic E-state index is 12.1. The first-order valence-electron chi connectivity index (χ1n) is 8.28. The molecule has 4 nitrogen and oxygen atoms in total. The highest BCUT2D eigenvalue weighted by Crippen LogP contribution is 2.44. The molecule has 5 heteroatoms. The van der Waals surface area contributed by atoms with Crippen molar-refractivity contribution < 1.29 is 14.3 Å². The second-order valence-corrected chi connectivity index (χ2v) is 6.61. The molecule has 1 aliphatic rings. The average molecular weight is 355 g/mol. The fourth-order valence-corrected chi connectivity index (χ4v) is 3.48. The van der Waals surface area contributed by atoms with Crippen molar-refractivity contribution in [1.82, 2.24) is 5.32 Å². The van der Waals surface area contributed by atoms with E-state index < -0.39 is 6.09 Å². The van der Waals surface area contributed by atoms with Crippen molar-refractivity contribution in [2.75, 3.05) is 13.7 Å². The molecular weight excluding hydrogens is 334 g/mol. The molecule has 1 amide bonds. The maximum Gasteiger partial charge on any atom is 0.407 e. The number of carbonyl (C=O) groups is 1. The van der Waals surface area contributed by atoms with Gasteiger partial charge < -0.3 is 14.8 Å². The van der Waals surface area contributed by atoms with Crippen LogP contribution in [0.15, 0.2) is 48.5 Å². The number of methoxy groups -OCH3 is 1. The Morgan fingerprint density at radius 3 is 2.24 bits per heavy atom. The van der Waals surface area contributed by atoms with Gasteiger partial charge in [-0.15, -0.1) is 0 Å². The van der Waals surface area contributed by atoms with Gasteiger partial charge in [-0.3, -0.25) is 0 Å². The average Bonchev–Trinajstić information content (AvgIpc) is 2.93. The van der Waals surface area contributed by atoms with Gasteiger partial charge in [-0.25, -0.2) is 4.79 Å². The fraction of sp³-hybridized carbons (Fsp3) is 0.300. The van der Waals surface area contributed by atoms with Crippen LogP contribution in [-0.2, 0) is 9.47 Å². The third-order valence-corrected chi connectivity index (χ3v) is 4.74. The highest BCUT2D eigenvalue weighted by molar-refractivity contribution is 7.80. The van der Waals surface area contributed by atoms with Gasteiger partial charge in [0.2, 0.25) is 0 Å². The molecule has 0 aliphatic heterocycles. The molecule has 0 bridgehead atoms. The predicted molar refractivity (Wildman–Crippen MR) is 102 cm³/mol. The zero-order valence-corrected chi connectivity index (χ0v) is 15.1. The van der Waals surface area contributed by atoms with Crippen molar-refractivity contribution in [3.63, 3.8) is 0 Å². The fourth-order valence-electron chi connectivity index (χ4n) is 3.23. The molecule has 3 rings (SSSR count). The van der Waals surface area contributed by atoms with Gasteiger partial charge in [0.25, 0.3) is 0 Å². The van der Waals surface area contributed by atoms with Crippen molar-refractivity contribution in [1.29, 1.82) is 0 Å². The van der Waals surface area contributed by atoms with E-state index >= 15 is 0 Å². The van der Waals surface area contributed by atoms with Gasteiger partial charge in [0, 0.05) is 18.4 Å². The molecule has 0 saturated heterocycles. The lowest BCUT2D eigenvalue weighted by Gasteiger charge is -2.17. The molecule has 1 aliphatic carbocycles. The van der Waals surface area contributed by atoms with E-state index in [2.05, 4.69) is 29.6 Å². The molecule has 2 aromatic carbocycles. The second kappa shape index (κ2) is 7.66. The smallest absolute Gasteiger partial charge is 0.407 e. The normalized spacial score (nSPS) is 13.5. The van der Waals surface area contributed by atoms with Crippen LogP contribution in [0.4, 0.5) is 4.79 Å². The predicted octanol–water partition coefficient (Wildman–Crippen LogP) is 4.28. The molecule has 0 radical (unpaired) electrons. The maximum absolute atomic E-state index is 12.1. The molecular formula is C20H21NO3S. The number of alkyl carbamates (subject to hydrolysis) is 1. The minimum atomic E-state index is -0.437. The summed E-state index contributed by atoms with van der Waals surface area (Å²) in [5.41, 5.74) is 4.83. The van der Waals surface area contributed by atoms with Crippen LogP contribution in [0.1, 0.15) is 30.4 Å². The Morgan fingerprint density at radius 1 is 1.12 bits per heavy atom. The molecule has 2 aromatic rings. The lowest BCUT2D eigenvalue weighted by Crippen LogP contribution is -2.35. The third kappa shape index (κ3) is 3.82. The molecule has 130 valence electrons. The van der Waals surface area contributed by atoms with Gasteiger partial charge >= 0.3 is 6.09 Å². The Balaban J connectivity index is 1.65. The standard InChI is InChI=1S/C20H21NO3S/c1-13(11-19(25)23-2)21-20(22)24-12-18-16-9-5-3-7-14(16)15-8-4-6-10-17(15)18/h3-10,13,18H,11-12H2,1-2H3,(H,21,22)/t13-/m0/s1. The summed E-state index contributed by atoms with van der Waals surface area (Å²) in [6.45, 7) is 2.17. The highest BCUT2D eigenvalue weighted by Gasteiger charge is 2.29. The number of thiocarbonyl (C=S) groups is 1. The van der Waals surface area contributed by atoms with E-state index in [9.17, 15) is 4.79 Å². The summed E-state index contributed by atoms with van der Waals surface area (Å²) in [4.78, 5) is 12.1. The van der Waals surface area contributed by atoms with Gasteiger partial charge in [-0.2, -0.15) is 0 Å². The summed E-state index contributed by atoms with van der Waals surface area (Å²) in [5.74, 6) is 0.0634. The third-order valence-electron chi connectivity index (χ3n) is 4.41. The van der Waals surface area contributed by atoms with Gasteiger partial charge in [0.15, 0.2) is 5.05 Å². The molecule has 25 heavy (non-hydrogen) atoms. The molecule has 1 N–H and O–H groups in total. The van der Waals surface area contributed by atoms with E-state index in [0.29, 0.717) is 18.1 Å². The Bertz CT molecular complexity index is 745. The number of rotatable bonds is 5. The largest absolute Gasteiger partial charge is 0.490 e. The van der Waals surface area contributed by atoms with Crippen LogP contribution in [0.2, 0.25) is 0 Å². The number of hydrogen-bond donors (Lipinski definition) is 1. The molecule has 0 fully saturated rings. The summed E-state index contributed by atoms with van der Waals surface area (Å²) in [6.07, 6.45) is 0.0454. The number of carbonyl (C=O) groups excluding carboxylic acids is 1. The molecule has 1 atom stereocenters. The van der Waals surface area contributed by atoms with Crippen LogP contribution < -0.4 is 5.32 Å². The minimum Gasteiger partial charge on any atom is -0.490 e. The van der Waals surface area contributed by atoms with E-state index in [4.69, 9.17) is 21.7 Å². The Labute approximate surface area is 153 Å². The molecule has 0 heterocycles. The van der Waals surface area contributed by atoms with Crippen LogP contribution in [0.25, 0.3) is 11.1 Å². The number of hydrogen-bond acceptors (Lipinski definition) is 4. The van der Waals surface area contributed by atoms with E-state index in [1.54, 1.807) is 0 Å². The Hall–Kier alpha value is -2.40. The van der Waals surface area contributed by atoms with Gasteiger partial charge in [0.1, 0.15) is 6.61 Å². The van der Waals surface area contributed by atoms with E-state index in [0.717, 1.165) is 0 Å².